The molecule has 1 aromatic carbocycles. The number of hydrogen-bond acceptors (Lipinski definition) is 9. The zero-order valence-electron chi connectivity index (χ0n) is 20.6. The molecular weight excluding hydrogens is 458 g/mol. The smallest absolute Gasteiger partial charge is 0.332 e. The average molecular weight is 492 g/mol. The van der Waals surface area contributed by atoms with Crippen molar-refractivity contribution >= 4 is 29.5 Å². The molecule has 0 fully saturated rings. The van der Waals surface area contributed by atoms with Crippen LogP contribution in [-0.4, -0.2) is 57.9 Å². The van der Waals surface area contributed by atoms with Gasteiger partial charge < -0.3 is 30.5 Å². The van der Waals surface area contributed by atoms with Crippen LogP contribution in [0.15, 0.2) is 35.5 Å². The Kier molecular flexibility index (Phi) is 8.97. The van der Waals surface area contributed by atoms with Gasteiger partial charge in [-0.15, -0.1) is 0 Å². The zero-order valence-corrected chi connectivity index (χ0v) is 20.6. The van der Waals surface area contributed by atoms with Crippen LogP contribution in [0, 0.1) is 5.92 Å². The maximum Gasteiger partial charge on any atom is 0.332 e. The number of oxime groups is 1. The number of carboxylic acid groups (broad SMARTS) is 1. The molecule has 3 atom stereocenters. The topological polar surface area (TPSA) is 167 Å². The predicted molar refractivity (Wildman–Crippen MR) is 125 cm³/mol. The number of amides is 1. The zero-order chi connectivity index (χ0) is 26.4. The minimum atomic E-state index is -1.66. The van der Waals surface area contributed by atoms with E-state index in [1.807, 2.05) is 18.2 Å². The first-order chi connectivity index (χ1) is 16.2. The molecule has 0 saturated carbocycles. The Hall–Kier alpha value is -3.47. The van der Waals surface area contributed by atoms with Crippen molar-refractivity contribution < 1.29 is 38.6 Å². The SMILES string of the molecule is CC(C)[C@@](N)(C(=O)OCc1ccccc1)C1=NOC(C(=O)N[C@@H](CC(=O)OC(C)(C)C)C(=O)O)C1. The lowest BCUT2D eigenvalue weighted by Crippen LogP contribution is -2.59. The Morgan fingerprint density at radius 2 is 1.83 bits per heavy atom. The monoisotopic (exact) mass is 491 g/mol. The number of nitrogens with zero attached hydrogens (tertiary/aromatic N) is 1. The van der Waals surface area contributed by atoms with Crippen LogP contribution in [0.2, 0.25) is 0 Å². The van der Waals surface area contributed by atoms with Gasteiger partial charge in [-0.1, -0.05) is 49.3 Å². The molecular formula is C24H33N3O8. The summed E-state index contributed by atoms with van der Waals surface area (Å²) in [7, 11) is 0. The Bertz CT molecular complexity index is 971. The molecule has 0 aromatic heterocycles. The predicted octanol–water partition coefficient (Wildman–Crippen LogP) is 1.53. The van der Waals surface area contributed by atoms with E-state index in [9.17, 15) is 24.3 Å². The second-order valence-corrected chi connectivity index (χ2v) is 9.61. The molecule has 192 valence electrons. The van der Waals surface area contributed by atoms with Crippen LogP contribution in [0.5, 0.6) is 0 Å². The summed E-state index contributed by atoms with van der Waals surface area (Å²) in [6.45, 7) is 8.35. The molecule has 35 heavy (non-hydrogen) atoms. The Balaban J connectivity index is 2.03. The van der Waals surface area contributed by atoms with E-state index in [1.54, 1.807) is 46.8 Å². The lowest BCUT2D eigenvalue weighted by molar-refractivity contribution is -0.159. The van der Waals surface area contributed by atoms with E-state index in [0.29, 0.717) is 0 Å². The van der Waals surface area contributed by atoms with Crippen molar-refractivity contribution in [1.82, 2.24) is 5.32 Å². The number of hydrogen-bond donors (Lipinski definition) is 3. The van der Waals surface area contributed by atoms with Crippen molar-refractivity contribution in [3.63, 3.8) is 0 Å². The summed E-state index contributed by atoms with van der Waals surface area (Å²) >= 11 is 0. The van der Waals surface area contributed by atoms with E-state index < -0.39 is 59.4 Å². The van der Waals surface area contributed by atoms with Crippen LogP contribution in [0.4, 0.5) is 0 Å². The van der Waals surface area contributed by atoms with E-state index in [4.69, 9.17) is 20.0 Å². The van der Waals surface area contributed by atoms with E-state index in [-0.39, 0.29) is 18.7 Å². The molecule has 1 heterocycles. The second-order valence-electron chi connectivity index (χ2n) is 9.61. The minimum absolute atomic E-state index is 0.00829. The third-order valence-corrected chi connectivity index (χ3v) is 5.31. The number of carbonyl (C=O) groups is 4. The highest BCUT2D eigenvalue weighted by Gasteiger charge is 2.49. The average Bonchev–Trinajstić information content (AvgIpc) is 3.26. The first-order valence-corrected chi connectivity index (χ1v) is 11.2. The summed E-state index contributed by atoms with van der Waals surface area (Å²) in [6, 6.07) is 7.53. The highest BCUT2D eigenvalue weighted by molar-refractivity contribution is 6.13. The van der Waals surface area contributed by atoms with Gasteiger partial charge in [-0.2, -0.15) is 0 Å². The molecule has 11 heteroatoms. The highest BCUT2D eigenvalue weighted by Crippen LogP contribution is 2.26. The molecule has 1 aliphatic heterocycles. The standard InChI is InChI=1S/C24H33N3O8/c1-14(2)24(25,22(32)33-13-15-9-7-6-8-10-15)18-12-17(35-27-18)20(29)26-16(21(30)31)11-19(28)34-23(3,4)5/h6-10,14,16-17H,11-13,25H2,1-5H3,(H,26,29)(H,30,31)/t16-,17?,24-/m0/s1. The van der Waals surface area contributed by atoms with E-state index in [0.717, 1.165) is 5.56 Å². The fourth-order valence-electron chi connectivity index (χ4n) is 3.31. The Labute approximate surface area is 204 Å². The highest BCUT2D eigenvalue weighted by atomic mass is 16.6. The van der Waals surface area contributed by atoms with E-state index in [1.165, 1.54) is 0 Å². The first kappa shape index (κ1) is 27.8. The number of carbonyl (C=O) groups excluding carboxylic acids is 3. The van der Waals surface area contributed by atoms with Gasteiger partial charge in [0.15, 0.2) is 5.54 Å². The number of nitrogens with two attached hydrogens (primary N) is 1. The lowest BCUT2D eigenvalue weighted by atomic mass is 9.81. The van der Waals surface area contributed by atoms with Crippen molar-refractivity contribution in [3.05, 3.63) is 35.9 Å². The van der Waals surface area contributed by atoms with Crippen molar-refractivity contribution in [2.45, 2.75) is 77.4 Å². The van der Waals surface area contributed by atoms with Gasteiger partial charge in [0.05, 0.1) is 12.1 Å². The molecule has 0 spiro atoms. The number of nitrogens with one attached hydrogen (secondary N) is 1. The summed E-state index contributed by atoms with van der Waals surface area (Å²) in [5, 5.41) is 15.5. The van der Waals surface area contributed by atoms with Gasteiger partial charge in [-0.25, -0.2) is 9.59 Å². The molecule has 1 unspecified atom stereocenters. The van der Waals surface area contributed by atoms with Gasteiger partial charge in [-0.3, -0.25) is 9.59 Å². The summed E-state index contributed by atoms with van der Waals surface area (Å²) < 4.78 is 10.5. The summed E-state index contributed by atoms with van der Waals surface area (Å²) in [4.78, 5) is 54.4. The summed E-state index contributed by atoms with van der Waals surface area (Å²) in [5.74, 6) is -4.19. The van der Waals surface area contributed by atoms with Crippen LogP contribution < -0.4 is 11.1 Å². The van der Waals surface area contributed by atoms with Crippen molar-refractivity contribution in [2.75, 3.05) is 0 Å². The molecule has 4 N–H and O–H groups in total. The summed E-state index contributed by atoms with van der Waals surface area (Å²) in [6.07, 6.45) is -1.95. The number of ether oxygens (including phenoxy) is 2. The number of aliphatic carboxylic acids is 1. The van der Waals surface area contributed by atoms with Crippen molar-refractivity contribution in [2.24, 2.45) is 16.8 Å². The van der Waals surface area contributed by atoms with Crippen molar-refractivity contribution in [1.29, 1.82) is 0 Å². The molecule has 1 amide bonds. The van der Waals surface area contributed by atoms with Gasteiger partial charge in [0.25, 0.3) is 5.91 Å². The quantitative estimate of drug-likeness (QED) is 0.411. The molecule has 1 aromatic rings. The largest absolute Gasteiger partial charge is 0.480 e. The molecule has 0 aliphatic carbocycles. The van der Waals surface area contributed by atoms with Crippen LogP contribution in [0.3, 0.4) is 0 Å². The number of rotatable bonds is 10. The second kappa shape index (κ2) is 11.3. The maximum absolute atomic E-state index is 12.9. The van der Waals surface area contributed by atoms with Gasteiger partial charge >= 0.3 is 17.9 Å². The van der Waals surface area contributed by atoms with Gasteiger partial charge in [-0.05, 0) is 32.3 Å². The van der Waals surface area contributed by atoms with Crippen LogP contribution in [0.1, 0.15) is 53.0 Å². The lowest BCUT2D eigenvalue weighted by Gasteiger charge is -2.30. The Morgan fingerprint density at radius 1 is 1.20 bits per heavy atom. The van der Waals surface area contributed by atoms with Gasteiger partial charge in [0.2, 0.25) is 6.10 Å². The normalized spacial score (nSPS) is 18.0. The fraction of sp³-hybridized carbons (Fsp3) is 0.542. The van der Waals surface area contributed by atoms with Crippen LogP contribution in [-0.2, 0) is 40.1 Å². The van der Waals surface area contributed by atoms with Crippen LogP contribution in [0.25, 0.3) is 0 Å². The molecule has 0 saturated heterocycles. The molecule has 2 rings (SSSR count). The molecule has 0 bridgehead atoms. The Morgan fingerprint density at radius 3 is 2.37 bits per heavy atom. The van der Waals surface area contributed by atoms with Crippen molar-refractivity contribution in [3.8, 4) is 0 Å². The molecule has 11 nitrogen and oxygen atoms in total. The minimum Gasteiger partial charge on any atom is -0.480 e. The van der Waals surface area contributed by atoms with Gasteiger partial charge in [0.1, 0.15) is 18.2 Å². The number of benzene rings is 1. The third kappa shape index (κ3) is 7.51. The van der Waals surface area contributed by atoms with Gasteiger partial charge in [0, 0.05) is 6.42 Å². The van der Waals surface area contributed by atoms with E-state index >= 15 is 0 Å². The van der Waals surface area contributed by atoms with Crippen LogP contribution >= 0.6 is 0 Å². The molecule has 1 aliphatic rings. The van der Waals surface area contributed by atoms with E-state index in [2.05, 4.69) is 10.5 Å². The third-order valence-electron chi connectivity index (χ3n) is 5.31. The fourth-order valence-corrected chi connectivity index (χ4v) is 3.31. The summed E-state index contributed by atoms with van der Waals surface area (Å²) in [5.41, 5.74) is 4.83. The first-order valence-electron chi connectivity index (χ1n) is 11.2. The molecule has 0 radical (unpaired) electrons. The maximum atomic E-state index is 12.9. The number of esters is 2. The number of carboxylic acids is 1.